The van der Waals surface area contributed by atoms with E-state index in [9.17, 15) is 14.4 Å². The number of urea groups is 1. The van der Waals surface area contributed by atoms with E-state index in [0.29, 0.717) is 0 Å². The lowest BCUT2D eigenvalue weighted by atomic mass is 10.1. The van der Waals surface area contributed by atoms with Crippen LogP contribution < -0.4 is 16.8 Å². The van der Waals surface area contributed by atoms with Crippen molar-refractivity contribution in [1.29, 1.82) is 0 Å². The van der Waals surface area contributed by atoms with Crippen molar-refractivity contribution >= 4 is 18.0 Å². The fraction of sp³-hybridized carbons (Fsp3) is 0.667. The molecule has 16 heavy (non-hydrogen) atoms. The number of hydrogen-bond donors (Lipinski definition) is 3. The zero-order valence-electron chi connectivity index (χ0n) is 9.52. The lowest BCUT2D eigenvalue weighted by Crippen LogP contribution is -2.45. The number of ether oxygens (including phenoxy) is 1. The second kappa shape index (κ2) is 6.06. The van der Waals surface area contributed by atoms with E-state index >= 15 is 0 Å². The number of hydrogen-bond acceptors (Lipinski definition) is 5. The number of nitrogens with two attached hydrogens (primary N) is 2. The minimum Gasteiger partial charge on any atom is -0.390 e. The summed E-state index contributed by atoms with van der Waals surface area (Å²) in [5.74, 6) is -1.85. The molecule has 0 radical (unpaired) electrons. The van der Waals surface area contributed by atoms with Crippen LogP contribution in [0.15, 0.2) is 0 Å². The first-order chi connectivity index (χ1) is 7.25. The molecule has 7 nitrogen and oxygen atoms in total. The van der Waals surface area contributed by atoms with E-state index in [1.807, 2.05) is 0 Å². The maximum atomic E-state index is 11.3. The Labute approximate surface area is 93.5 Å². The second-order valence-electron chi connectivity index (χ2n) is 3.74. The van der Waals surface area contributed by atoms with Gasteiger partial charge in [0.05, 0.1) is 0 Å². The summed E-state index contributed by atoms with van der Waals surface area (Å²) in [6.07, 6.45) is 0. The third-order valence-electron chi connectivity index (χ3n) is 1.90. The molecule has 2 amide bonds. The molecule has 0 spiro atoms. The molecule has 0 fully saturated rings. The predicted molar refractivity (Wildman–Crippen MR) is 56.1 cm³/mol. The summed E-state index contributed by atoms with van der Waals surface area (Å²) in [5, 5.41) is 2.09. The topological polar surface area (TPSA) is 125 Å². The number of carbonyl (C=O) groups is 3. The van der Waals surface area contributed by atoms with Gasteiger partial charge in [-0.1, -0.05) is 13.8 Å². The van der Waals surface area contributed by atoms with Crippen molar-refractivity contribution in [1.82, 2.24) is 5.32 Å². The van der Waals surface area contributed by atoms with Gasteiger partial charge in [0.2, 0.25) is 0 Å². The fourth-order valence-corrected chi connectivity index (χ4v) is 0.800. The Kier molecular flexibility index (Phi) is 5.44. The smallest absolute Gasteiger partial charge is 0.336 e. The maximum absolute atomic E-state index is 11.3. The highest BCUT2D eigenvalue weighted by Gasteiger charge is 2.25. The van der Waals surface area contributed by atoms with Crippen molar-refractivity contribution in [3.63, 3.8) is 0 Å². The third kappa shape index (κ3) is 4.74. The van der Waals surface area contributed by atoms with E-state index in [1.165, 1.54) is 6.92 Å². The molecule has 0 saturated carbocycles. The zero-order chi connectivity index (χ0) is 12.9. The number of esters is 2. The molecule has 0 aromatic carbocycles. The van der Waals surface area contributed by atoms with Crippen molar-refractivity contribution in [3.8, 4) is 0 Å². The first kappa shape index (κ1) is 14.4. The van der Waals surface area contributed by atoms with Gasteiger partial charge in [0.15, 0.2) is 0 Å². The normalized spacial score (nSPS) is 14.1. The molecular weight excluding hydrogens is 214 g/mol. The summed E-state index contributed by atoms with van der Waals surface area (Å²) < 4.78 is 4.46. The Bertz CT molecular complexity index is 290. The molecule has 0 heterocycles. The average Bonchev–Trinajstić information content (AvgIpc) is 2.14. The van der Waals surface area contributed by atoms with Crippen LogP contribution >= 0.6 is 0 Å². The van der Waals surface area contributed by atoms with E-state index in [2.05, 4.69) is 10.1 Å². The van der Waals surface area contributed by atoms with Gasteiger partial charge in [0.1, 0.15) is 12.1 Å². The predicted octanol–water partition coefficient (Wildman–Crippen LogP) is -0.904. The summed E-state index contributed by atoms with van der Waals surface area (Å²) in [7, 11) is 0. The molecule has 0 aromatic heterocycles. The van der Waals surface area contributed by atoms with Gasteiger partial charge in [-0.15, -0.1) is 0 Å². The van der Waals surface area contributed by atoms with Crippen LogP contribution in [0.4, 0.5) is 4.79 Å². The van der Waals surface area contributed by atoms with Gasteiger partial charge in [0.25, 0.3) is 0 Å². The molecule has 7 heteroatoms. The molecule has 0 bridgehead atoms. The average molecular weight is 231 g/mol. The second-order valence-corrected chi connectivity index (χ2v) is 3.74. The number of rotatable bonds is 4. The number of carbonyl (C=O) groups excluding carboxylic acids is 3. The van der Waals surface area contributed by atoms with Crippen LogP contribution in [0.1, 0.15) is 20.8 Å². The van der Waals surface area contributed by atoms with Gasteiger partial charge in [-0.2, -0.15) is 0 Å². The van der Waals surface area contributed by atoms with E-state index in [-0.39, 0.29) is 5.92 Å². The molecule has 0 aliphatic heterocycles. The SMILES string of the molecule is CC(C)[C@H](N)C(=O)OC(=O)[C@H](C)NC(N)=O. The van der Waals surface area contributed by atoms with Crippen LogP contribution in [0.5, 0.6) is 0 Å². The number of primary amides is 1. The third-order valence-corrected chi connectivity index (χ3v) is 1.90. The monoisotopic (exact) mass is 231 g/mol. The molecular formula is C9H17N3O4. The van der Waals surface area contributed by atoms with E-state index < -0.39 is 30.1 Å². The summed E-state index contributed by atoms with van der Waals surface area (Å²) in [6.45, 7) is 4.80. The maximum Gasteiger partial charge on any atom is 0.336 e. The van der Waals surface area contributed by atoms with Crippen molar-refractivity contribution < 1.29 is 19.1 Å². The largest absolute Gasteiger partial charge is 0.390 e. The van der Waals surface area contributed by atoms with Gasteiger partial charge < -0.3 is 21.5 Å². The minimum absolute atomic E-state index is 0.139. The van der Waals surface area contributed by atoms with Gasteiger partial charge in [-0.05, 0) is 12.8 Å². The zero-order valence-corrected chi connectivity index (χ0v) is 9.52. The Morgan fingerprint density at radius 1 is 1.12 bits per heavy atom. The summed E-state index contributed by atoms with van der Waals surface area (Å²) in [6, 6.07) is -2.73. The highest BCUT2D eigenvalue weighted by atomic mass is 16.6. The fourth-order valence-electron chi connectivity index (χ4n) is 0.800. The number of nitrogens with one attached hydrogen (secondary N) is 1. The molecule has 0 unspecified atom stereocenters. The minimum atomic E-state index is -0.985. The highest BCUT2D eigenvalue weighted by molar-refractivity contribution is 5.92. The molecule has 92 valence electrons. The van der Waals surface area contributed by atoms with Crippen LogP contribution in [0.25, 0.3) is 0 Å². The summed E-state index contributed by atoms with van der Waals surface area (Å²) in [4.78, 5) is 33.0. The van der Waals surface area contributed by atoms with Crippen molar-refractivity contribution in [3.05, 3.63) is 0 Å². The quantitative estimate of drug-likeness (QED) is 0.427. The van der Waals surface area contributed by atoms with Gasteiger partial charge >= 0.3 is 18.0 Å². The summed E-state index contributed by atoms with van der Waals surface area (Å²) in [5.41, 5.74) is 10.3. The van der Waals surface area contributed by atoms with Gasteiger partial charge in [0, 0.05) is 0 Å². The molecule has 5 N–H and O–H groups in total. The lowest BCUT2D eigenvalue weighted by molar-refractivity contribution is -0.162. The van der Waals surface area contributed by atoms with E-state index in [4.69, 9.17) is 11.5 Å². The van der Waals surface area contributed by atoms with E-state index in [1.54, 1.807) is 13.8 Å². The first-order valence-corrected chi connectivity index (χ1v) is 4.82. The molecule has 0 saturated heterocycles. The van der Waals surface area contributed by atoms with Crippen LogP contribution in [0.3, 0.4) is 0 Å². The van der Waals surface area contributed by atoms with E-state index in [0.717, 1.165) is 0 Å². The van der Waals surface area contributed by atoms with Crippen molar-refractivity contribution in [2.75, 3.05) is 0 Å². The van der Waals surface area contributed by atoms with Crippen molar-refractivity contribution in [2.24, 2.45) is 17.4 Å². The molecule has 0 aromatic rings. The van der Waals surface area contributed by atoms with Crippen molar-refractivity contribution in [2.45, 2.75) is 32.9 Å². The lowest BCUT2D eigenvalue weighted by Gasteiger charge is -2.15. The first-order valence-electron chi connectivity index (χ1n) is 4.82. The molecule has 0 aliphatic rings. The molecule has 0 aliphatic carbocycles. The van der Waals surface area contributed by atoms with Crippen LogP contribution in [0, 0.1) is 5.92 Å². The van der Waals surface area contributed by atoms with Crippen LogP contribution in [-0.4, -0.2) is 30.1 Å². The Morgan fingerprint density at radius 3 is 2.00 bits per heavy atom. The van der Waals surface area contributed by atoms with Gasteiger partial charge in [-0.3, -0.25) is 0 Å². The molecule has 0 rings (SSSR count). The number of amides is 2. The van der Waals surface area contributed by atoms with Gasteiger partial charge in [-0.25, -0.2) is 14.4 Å². The van der Waals surface area contributed by atoms with Crippen LogP contribution in [-0.2, 0) is 14.3 Å². The molecule has 2 atom stereocenters. The Hall–Kier alpha value is -1.63. The highest BCUT2D eigenvalue weighted by Crippen LogP contribution is 2.01. The standard InChI is InChI=1S/C9H17N3O4/c1-4(2)6(10)8(14)16-7(13)5(3)12-9(11)15/h4-6H,10H2,1-3H3,(H3,11,12,15)/t5-,6-/m0/s1. The Morgan fingerprint density at radius 2 is 1.62 bits per heavy atom. The van der Waals surface area contributed by atoms with Crippen LogP contribution in [0.2, 0.25) is 0 Å². The summed E-state index contributed by atoms with van der Waals surface area (Å²) >= 11 is 0. The Balaban J connectivity index is 4.24.